The van der Waals surface area contributed by atoms with Gasteiger partial charge in [-0.25, -0.2) is 9.97 Å². The fraction of sp³-hybridized carbons (Fsp3) is 0.364. The Morgan fingerprint density at radius 1 is 1.40 bits per heavy atom. The maximum atomic E-state index is 8.52. The highest BCUT2D eigenvalue weighted by Crippen LogP contribution is 2.41. The molecule has 74 valence electrons. The minimum atomic E-state index is 0.400. The zero-order valence-corrected chi connectivity index (χ0v) is 8.36. The van der Waals surface area contributed by atoms with Crippen LogP contribution < -0.4 is 15.9 Å². The van der Waals surface area contributed by atoms with Crippen molar-refractivity contribution in [1.82, 2.24) is 9.97 Å². The van der Waals surface area contributed by atoms with Crippen LogP contribution in [-0.4, -0.2) is 9.97 Å². The number of nitriles is 1. The molecule has 2 unspecified atom stereocenters. The fourth-order valence-corrected chi connectivity index (χ4v) is 2.08. The van der Waals surface area contributed by atoms with E-state index < -0.39 is 0 Å². The Morgan fingerprint density at radius 3 is 3.00 bits per heavy atom. The van der Waals surface area contributed by atoms with Gasteiger partial charge in [0.05, 0.1) is 11.0 Å². The summed E-state index contributed by atoms with van der Waals surface area (Å²) in [7, 11) is 0. The van der Waals surface area contributed by atoms with Crippen LogP contribution in [0, 0.1) is 30.2 Å². The van der Waals surface area contributed by atoms with E-state index in [0.29, 0.717) is 17.8 Å². The van der Waals surface area contributed by atoms with Gasteiger partial charge in [-0.3, -0.25) is 5.32 Å². The van der Waals surface area contributed by atoms with Crippen LogP contribution >= 0.6 is 0 Å². The predicted octanol–water partition coefficient (Wildman–Crippen LogP) is -0.111. The molecule has 15 heavy (non-hydrogen) atoms. The Kier molecular flexibility index (Phi) is 1.57. The topological polar surface area (TPSA) is 61.6 Å². The van der Waals surface area contributed by atoms with Crippen LogP contribution in [0.25, 0.3) is 12.2 Å². The lowest BCUT2D eigenvalue weighted by atomic mass is 10.1. The van der Waals surface area contributed by atoms with Gasteiger partial charge in [-0.15, -0.1) is 0 Å². The predicted molar refractivity (Wildman–Crippen MR) is 55.8 cm³/mol. The van der Waals surface area contributed by atoms with Crippen molar-refractivity contribution in [2.45, 2.75) is 13.3 Å². The van der Waals surface area contributed by atoms with Crippen molar-refractivity contribution in [3.63, 3.8) is 0 Å². The molecule has 2 atom stereocenters. The number of aryl methyl sites for hydroxylation is 1. The highest BCUT2D eigenvalue weighted by molar-refractivity contribution is 5.50. The number of anilines is 1. The molecule has 0 radical (unpaired) electrons. The molecule has 0 saturated heterocycles. The van der Waals surface area contributed by atoms with Crippen molar-refractivity contribution in [3.05, 3.63) is 16.3 Å². The second-order valence-electron chi connectivity index (χ2n) is 4.07. The number of hydrogen-bond donors (Lipinski definition) is 1. The lowest BCUT2D eigenvalue weighted by Crippen LogP contribution is -2.34. The fourth-order valence-electron chi connectivity index (χ4n) is 2.08. The number of rotatable bonds is 1. The van der Waals surface area contributed by atoms with Crippen LogP contribution in [-0.2, 0) is 0 Å². The van der Waals surface area contributed by atoms with E-state index >= 15 is 0 Å². The van der Waals surface area contributed by atoms with Crippen molar-refractivity contribution < 1.29 is 0 Å². The first-order valence-corrected chi connectivity index (χ1v) is 5.01. The highest BCUT2D eigenvalue weighted by atomic mass is 15.1. The van der Waals surface area contributed by atoms with Crippen molar-refractivity contribution in [2.24, 2.45) is 11.8 Å². The number of aromatic nitrogens is 2. The van der Waals surface area contributed by atoms with Gasteiger partial charge in [-0.05, 0) is 25.2 Å². The summed E-state index contributed by atoms with van der Waals surface area (Å²) in [4.78, 5) is 8.54. The van der Waals surface area contributed by atoms with Gasteiger partial charge in [0, 0.05) is 5.22 Å². The van der Waals surface area contributed by atoms with Crippen molar-refractivity contribution in [1.29, 1.82) is 5.26 Å². The molecule has 1 N–H and O–H groups in total. The van der Waals surface area contributed by atoms with E-state index in [-0.39, 0.29) is 0 Å². The third kappa shape index (κ3) is 1.28. The summed E-state index contributed by atoms with van der Waals surface area (Å²) in [5, 5.41) is 13.1. The molecule has 2 aliphatic rings. The van der Waals surface area contributed by atoms with Gasteiger partial charge < -0.3 is 0 Å². The summed E-state index contributed by atoms with van der Waals surface area (Å²) >= 11 is 0. The molecular weight excluding hydrogens is 188 g/mol. The molecule has 1 heterocycles. The maximum Gasteiger partial charge on any atom is 0.236 e. The molecule has 0 aliphatic heterocycles. The summed E-state index contributed by atoms with van der Waals surface area (Å²) < 4.78 is 0. The standard InChI is InChI=1S/C11H10N4/c1-6-9-3-7-2-8(7)4-10(9)15-11(14-6)13-5-12/h3-4,7-8H,2H2,1H3,(H,13,15). The summed E-state index contributed by atoms with van der Waals surface area (Å²) in [5.74, 6) is 1.77. The van der Waals surface area contributed by atoms with Crippen molar-refractivity contribution in [3.8, 4) is 6.19 Å². The second kappa shape index (κ2) is 2.80. The lowest BCUT2D eigenvalue weighted by Gasteiger charge is -2.03. The molecule has 1 aromatic rings. The Morgan fingerprint density at radius 2 is 2.20 bits per heavy atom. The monoisotopic (exact) mass is 198 g/mol. The van der Waals surface area contributed by atoms with Crippen LogP contribution in [0.2, 0.25) is 0 Å². The van der Waals surface area contributed by atoms with E-state index in [1.165, 1.54) is 6.42 Å². The quantitative estimate of drug-likeness (QED) is 0.505. The van der Waals surface area contributed by atoms with Crippen LogP contribution in [0.5, 0.6) is 0 Å². The molecule has 0 aromatic carbocycles. The molecule has 1 fully saturated rings. The van der Waals surface area contributed by atoms with Gasteiger partial charge in [0.25, 0.3) is 0 Å². The Bertz CT molecular complexity index is 582. The first kappa shape index (κ1) is 8.42. The van der Waals surface area contributed by atoms with Gasteiger partial charge in [0.2, 0.25) is 5.95 Å². The van der Waals surface area contributed by atoms with Crippen LogP contribution in [0.15, 0.2) is 0 Å². The first-order chi connectivity index (χ1) is 7.28. The normalized spacial score (nSPS) is 25.1. The van der Waals surface area contributed by atoms with Gasteiger partial charge in [0.15, 0.2) is 6.19 Å². The highest BCUT2D eigenvalue weighted by Gasteiger charge is 2.35. The van der Waals surface area contributed by atoms with Crippen molar-refractivity contribution >= 4 is 18.1 Å². The maximum absolute atomic E-state index is 8.52. The van der Waals surface area contributed by atoms with Crippen LogP contribution in [0.3, 0.4) is 0 Å². The SMILES string of the molecule is Cc1nc(NC#N)nc2c1=CC1CC1C=2. The molecule has 0 spiro atoms. The smallest absolute Gasteiger partial charge is 0.236 e. The zero-order valence-electron chi connectivity index (χ0n) is 8.36. The molecule has 3 rings (SSSR count). The van der Waals surface area contributed by atoms with Crippen molar-refractivity contribution in [2.75, 3.05) is 5.32 Å². The third-order valence-electron chi connectivity index (χ3n) is 2.98. The van der Waals surface area contributed by atoms with E-state index in [4.69, 9.17) is 5.26 Å². The van der Waals surface area contributed by atoms with E-state index in [9.17, 15) is 0 Å². The number of fused-ring (bicyclic) bond motifs is 2. The average Bonchev–Trinajstić information content (AvgIpc) is 2.93. The van der Waals surface area contributed by atoms with Gasteiger partial charge in [0.1, 0.15) is 0 Å². The molecule has 0 amide bonds. The molecule has 1 aromatic heterocycles. The summed E-state index contributed by atoms with van der Waals surface area (Å²) in [6, 6.07) is 0. The lowest BCUT2D eigenvalue weighted by molar-refractivity contribution is 0.984. The van der Waals surface area contributed by atoms with Crippen LogP contribution in [0.4, 0.5) is 5.95 Å². The minimum absolute atomic E-state index is 0.400. The largest absolute Gasteiger partial charge is 0.261 e. The summed E-state index contributed by atoms with van der Waals surface area (Å²) in [5.41, 5.74) is 0.944. The molecule has 4 heteroatoms. The summed E-state index contributed by atoms with van der Waals surface area (Å²) in [6.45, 7) is 1.95. The number of hydrogen-bond acceptors (Lipinski definition) is 4. The molecule has 2 aliphatic carbocycles. The van der Waals surface area contributed by atoms with E-state index in [1.54, 1.807) is 0 Å². The first-order valence-electron chi connectivity index (χ1n) is 5.01. The number of nitrogens with one attached hydrogen (secondary N) is 1. The molecule has 1 saturated carbocycles. The Balaban J connectivity index is 2.24. The van der Waals surface area contributed by atoms with Gasteiger partial charge in [-0.2, -0.15) is 5.26 Å². The van der Waals surface area contributed by atoms with Gasteiger partial charge in [-0.1, -0.05) is 12.2 Å². The molecule has 0 bridgehead atoms. The Hall–Kier alpha value is -1.89. The van der Waals surface area contributed by atoms with E-state index in [0.717, 1.165) is 16.3 Å². The zero-order chi connectivity index (χ0) is 10.4. The van der Waals surface area contributed by atoms with E-state index in [2.05, 4.69) is 27.4 Å². The summed E-state index contributed by atoms with van der Waals surface area (Å²) in [6.07, 6.45) is 7.52. The van der Waals surface area contributed by atoms with Gasteiger partial charge >= 0.3 is 0 Å². The van der Waals surface area contributed by atoms with Crippen LogP contribution in [0.1, 0.15) is 12.1 Å². The minimum Gasteiger partial charge on any atom is -0.261 e. The Labute approximate surface area is 87.0 Å². The third-order valence-corrected chi connectivity index (χ3v) is 2.98. The molecule has 4 nitrogen and oxygen atoms in total. The number of nitrogens with zero attached hydrogens (tertiary/aromatic N) is 3. The average molecular weight is 198 g/mol. The van der Waals surface area contributed by atoms with E-state index in [1.807, 2.05) is 13.1 Å². The molecular formula is C11H10N4. The second-order valence-corrected chi connectivity index (χ2v) is 4.07.